The van der Waals surface area contributed by atoms with Crippen LogP contribution in [0.25, 0.3) is 5.82 Å². The van der Waals surface area contributed by atoms with Gasteiger partial charge < -0.3 is 9.80 Å². The molecule has 1 aliphatic rings. The lowest BCUT2D eigenvalue weighted by atomic mass is 10.2. The molecule has 1 aromatic carbocycles. The molecule has 0 saturated carbocycles. The van der Waals surface area contributed by atoms with Gasteiger partial charge >= 0.3 is 0 Å². The number of anilines is 2. The van der Waals surface area contributed by atoms with E-state index in [9.17, 15) is 4.39 Å². The minimum absolute atomic E-state index is 0.0690. The first-order chi connectivity index (χ1) is 12.7. The zero-order chi connectivity index (χ0) is 17.9. The average molecular weight is 349 g/mol. The lowest BCUT2D eigenvalue weighted by Gasteiger charge is -2.36. The summed E-state index contributed by atoms with van der Waals surface area (Å²) in [6.45, 7) is 3.01. The second-order valence-corrected chi connectivity index (χ2v) is 5.94. The van der Waals surface area contributed by atoms with E-state index in [4.69, 9.17) is 5.26 Å². The molecule has 0 radical (unpaired) electrons. The quantitative estimate of drug-likeness (QED) is 0.720. The number of hydrogen-bond donors (Lipinski definition) is 0. The predicted molar refractivity (Wildman–Crippen MR) is 94.7 cm³/mol. The second kappa shape index (κ2) is 6.80. The highest BCUT2D eigenvalue weighted by atomic mass is 19.1. The Balaban J connectivity index is 1.46. The molecule has 2 aromatic heterocycles. The van der Waals surface area contributed by atoms with Crippen molar-refractivity contribution in [2.24, 2.45) is 0 Å². The Labute approximate surface area is 149 Å². The molecule has 0 atom stereocenters. The molecule has 1 aliphatic heterocycles. The van der Waals surface area contributed by atoms with Gasteiger partial charge in [0.2, 0.25) is 0 Å². The fourth-order valence-electron chi connectivity index (χ4n) is 3.02. The number of nitrogens with zero attached hydrogens (tertiary/aromatic N) is 7. The average Bonchev–Trinajstić information content (AvgIpc) is 3.23. The van der Waals surface area contributed by atoms with E-state index in [0.717, 1.165) is 43.5 Å². The minimum Gasteiger partial charge on any atom is -0.368 e. The van der Waals surface area contributed by atoms with Crippen molar-refractivity contribution in [3.05, 3.63) is 60.4 Å². The molecule has 0 unspecified atom stereocenters. The lowest BCUT2D eigenvalue weighted by molar-refractivity contribution is 0.616. The van der Waals surface area contributed by atoms with Crippen LogP contribution in [-0.2, 0) is 0 Å². The van der Waals surface area contributed by atoms with Gasteiger partial charge in [0.05, 0.1) is 5.56 Å². The van der Waals surface area contributed by atoms with E-state index >= 15 is 0 Å². The van der Waals surface area contributed by atoms with Gasteiger partial charge in [-0.05, 0) is 24.3 Å². The lowest BCUT2D eigenvalue weighted by Crippen LogP contribution is -2.46. The molecule has 0 aliphatic carbocycles. The molecule has 0 N–H and O–H groups in total. The Hall–Kier alpha value is -3.47. The van der Waals surface area contributed by atoms with Crippen LogP contribution in [0.1, 0.15) is 5.56 Å². The summed E-state index contributed by atoms with van der Waals surface area (Å²) >= 11 is 0. The molecular formula is C18H16FN7. The van der Waals surface area contributed by atoms with Crippen LogP contribution in [0.4, 0.5) is 15.9 Å². The van der Waals surface area contributed by atoms with Crippen molar-refractivity contribution in [1.29, 1.82) is 5.26 Å². The first-order valence-corrected chi connectivity index (χ1v) is 8.26. The molecule has 1 saturated heterocycles. The first-order valence-electron chi connectivity index (χ1n) is 8.26. The summed E-state index contributed by atoms with van der Waals surface area (Å²) in [5.74, 6) is 1.08. The number of benzene rings is 1. The van der Waals surface area contributed by atoms with E-state index in [1.807, 2.05) is 24.4 Å². The highest BCUT2D eigenvalue weighted by molar-refractivity contribution is 5.53. The van der Waals surface area contributed by atoms with Crippen molar-refractivity contribution in [1.82, 2.24) is 19.7 Å². The van der Waals surface area contributed by atoms with Gasteiger partial charge in [-0.3, -0.25) is 0 Å². The third kappa shape index (κ3) is 3.07. The normalized spacial score (nSPS) is 14.3. The van der Waals surface area contributed by atoms with Crippen molar-refractivity contribution in [3.8, 4) is 11.9 Å². The van der Waals surface area contributed by atoms with Gasteiger partial charge in [0.1, 0.15) is 24.0 Å². The summed E-state index contributed by atoms with van der Waals surface area (Å²) < 4.78 is 15.5. The minimum atomic E-state index is -0.480. The third-order valence-corrected chi connectivity index (χ3v) is 4.42. The van der Waals surface area contributed by atoms with Gasteiger partial charge in [0.25, 0.3) is 0 Å². The number of aromatic nitrogens is 4. The Morgan fingerprint density at radius 3 is 2.46 bits per heavy atom. The predicted octanol–water partition coefficient (Wildman–Crippen LogP) is 2.00. The maximum Gasteiger partial charge on any atom is 0.158 e. The Morgan fingerprint density at radius 1 is 1.00 bits per heavy atom. The summed E-state index contributed by atoms with van der Waals surface area (Å²) in [5.41, 5.74) is 0.862. The largest absolute Gasteiger partial charge is 0.368 e. The van der Waals surface area contributed by atoms with Crippen molar-refractivity contribution in [2.45, 2.75) is 0 Å². The Bertz CT molecular complexity index is 940. The molecule has 0 amide bonds. The van der Waals surface area contributed by atoms with Crippen molar-refractivity contribution in [2.75, 3.05) is 36.0 Å². The van der Waals surface area contributed by atoms with Crippen LogP contribution in [0, 0.1) is 17.1 Å². The number of halogens is 1. The van der Waals surface area contributed by atoms with Gasteiger partial charge in [0, 0.05) is 50.3 Å². The monoisotopic (exact) mass is 349 g/mol. The van der Waals surface area contributed by atoms with E-state index in [1.165, 1.54) is 18.5 Å². The molecule has 3 aromatic rings. The van der Waals surface area contributed by atoms with Gasteiger partial charge in [-0.2, -0.15) is 10.4 Å². The van der Waals surface area contributed by atoms with Gasteiger partial charge in [-0.15, -0.1) is 0 Å². The van der Waals surface area contributed by atoms with Crippen LogP contribution in [0.2, 0.25) is 0 Å². The number of hydrogen-bond acceptors (Lipinski definition) is 6. The molecule has 0 spiro atoms. The fraction of sp³-hybridized carbons (Fsp3) is 0.222. The molecule has 26 heavy (non-hydrogen) atoms. The van der Waals surface area contributed by atoms with E-state index in [2.05, 4.69) is 24.9 Å². The molecule has 7 nitrogen and oxygen atoms in total. The van der Waals surface area contributed by atoms with Crippen molar-refractivity contribution in [3.63, 3.8) is 0 Å². The van der Waals surface area contributed by atoms with Crippen LogP contribution in [0.5, 0.6) is 0 Å². The first kappa shape index (κ1) is 16.0. The van der Waals surface area contributed by atoms with E-state index < -0.39 is 5.82 Å². The molecule has 1 fully saturated rings. The summed E-state index contributed by atoms with van der Waals surface area (Å²) in [5, 5.41) is 13.0. The van der Waals surface area contributed by atoms with Gasteiger partial charge in [-0.25, -0.2) is 19.0 Å². The zero-order valence-electron chi connectivity index (χ0n) is 14.0. The van der Waals surface area contributed by atoms with Crippen molar-refractivity contribution < 1.29 is 4.39 Å². The van der Waals surface area contributed by atoms with E-state index in [1.54, 1.807) is 16.9 Å². The number of piperazine rings is 1. The second-order valence-electron chi connectivity index (χ2n) is 5.94. The Kier molecular flexibility index (Phi) is 4.19. The maximum atomic E-state index is 13.8. The Morgan fingerprint density at radius 2 is 1.77 bits per heavy atom. The van der Waals surface area contributed by atoms with Crippen LogP contribution >= 0.6 is 0 Å². The number of rotatable bonds is 3. The van der Waals surface area contributed by atoms with Crippen molar-refractivity contribution >= 4 is 11.5 Å². The summed E-state index contributed by atoms with van der Waals surface area (Å²) in [7, 11) is 0. The molecule has 4 rings (SSSR count). The summed E-state index contributed by atoms with van der Waals surface area (Å²) in [4.78, 5) is 12.9. The molecule has 3 heterocycles. The van der Waals surface area contributed by atoms with Crippen LogP contribution < -0.4 is 9.80 Å². The fourth-order valence-corrected chi connectivity index (χ4v) is 3.02. The van der Waals surface area contributed by atoms with Crippen LogP contribution in [0.3, 0.4) is 0 Å². The maximum absolute atomic E-state index is 13.8. The molecular weight excluding hydrogens is 333 g/mol. The molecule has 0 bridgehead atoms. The third-order valence-electron chi connectivity index (χ3n) is 4.42. The SMILES string of the molecule is N#Cc1ccc(N2CCN(c3cc(-n4cccn4)ncn3)CC2)cc1F. The topological polar surface area (TPSA) is 73.9 Å². The zero-order valence-corrected chi connectivity index (χ0v) is 14.0. The van der Waals surface area contributed by atoms with Crippen LogP contribution in [0.15, 0.2) is 49.1 Å². The standard InChI is InChI=1S/C18H16FN7/c19-16-10-15(3-2-14(16)12-20)24-6-8-25(9-7-24)17-11-18(22-13-21-17)26-5-1-4-23-26/h1-5,10-11,13H,6-9H2. The highest BCUT2D eigenvalue weighted by Gasteiger charge is 2.20. The van der Waals surface area contributed by atoms with Gasteiger partial charge in [-0.1, -0.05) is 0 Å². The smallest absolute Gasteiger partial charge is 0.158 e. The van der Waals surface area contributed by atoms with Crippen LogP contribution in [-0.4, -0.2) is 45.9 Å². The van der Waals surface area contributed by atoms with Gasteiger partial charge in [0.15, 0.2) is 5.82 Å². The van der Waals surface area contributed by atoms with E-state index in [-0.39, 0.29) is 5.56 Å². The highest BCUT2D eigenvalue weighted by Crippen LogP contribution is 2.22. The van der Waals surface area contributed by atoms with E-state index in [0.29, 0.717) is 0 Å². The number of nitriles is 1. The summed E-state index contributed by atoms with van der Waals surface area (Å²) in [6, 6.07) is 10.3. The summed E-state index contributed by atoms with van der Waals surface area (Å²) in [6.07, 6.45) is 5.08. The molecule has 8 heteroatoms. The molecule has 130 valence electrons.